The van der Waals surface area contributed by atoms with E-state index in [0.717, 1.165) is 0 Å². The molecule has 112 valence electrons. The predicted molar refractivity (Wildman–Crippen MR) is 85.1 cm³/mol. The topological polar surface area (TPSA) is 50.9 Å². The standard InChI is InChI=1S/C19H15N2O2/c22-18(14-21-12-10-20-11-13-21)15-6-8-17(9-7-15)19(23)16-4-2-1-3-5-16/h1-13H,14H2/q+1. The largest absolute Gasteiger partial charge is 0.289 e. The summed E-state index contributed by atoms with van der Waals surface area (Å²) in [6, 6.07) is 15.9. The van der Waals surface area contributed by atoms with E-state index in [1.165, 1.54) is 0 Å². The second-order valence-electron chi connectivity index (χ2n) is 5.11. The summed E-state index contributed by atoms with van der Waals surface area (Å²) >= 11 is 0. The quantitative estimate of drug-likeness (QED) is 0.537. The molecule has 0 bridgehead atoms. The molecule has 4 nitrogen and oxygen atoms in total. The minimum Gasteiger partial charge on any atom is -0.289 e. The Kier molecular flexibility index (Phi) is 4.34. The van der Waals surface area contributed by atoms with Crippen molar-refractivity contribution in [1.82, 2.24) is 4.98 Å². The van der Waals surface area contributed by atoms with Gasteiger partial charge in [-0.15, -0.1) is 0 Å². The van der Waals surface area contributed by atoms with Crippen molar-refractivity contribution in [3.05, 3.63) is 96.1 Å². The summed E-state index contributed by atoms with van der Waals surface area (Å²) in [5, 5.41) is 0. The van der Waals surface area contributed by atoms with Crippen molar-refractivity contribution in [2.45, 2.75) is 6.54 Å². The van der Waals surface area contributed by atoms with Gasteiger partial charge in [-0.2, -0.15) is 4.57 Å². The molecule has 0 fully saturated rings. The second-order valence-corrected chi connectivity index (χ2v) is 5.11. The van der Waals surface area contributed by atoms with Gasteiger partial charge >= 0.3 is 0 Å². The first-order valence-electron chi connectivity index (χ1n) is 7.26. The Morgan fingerprint density at radius 3 is 2.00 bits per heavy atom. The van der Waals surface area contributed by atoms with E-state index < -0.39 is 0 Å². The maximum atomic E-state index is 12.3. The molecule has 3 rings (SSSR count). The lowest BCUT2D eigenvalue weighted by Gasteiger charge is -2.03. The lowest BCUT2D eigenvalue weighted by Crippen LogP contribution is -2.37. The fourth-order valence-corrected chi connectivity index (χ4v) is 2.27. The second kappa shape index (κ2) is 6.75. The molecule has 0 atom stereocenters. The number of ketones is 2. The van der Waals surface area contributed by atoms with Crippen LogP contribution in [0.25, 0.3) is 0 Å². The van der Waals surface area contributed by atoms with Crippen molar-refractivity contribution in [3.63, 3.8) is 0 Å². The van der Waals surface area contributed by atoms with Crippen molar-refractivity contribution < 1.29 is 14.2 Å². The third-order valence-corrected chi connectivity index (χ3v) is 3.52. The van der Waals surface area contributed by atoms with E-state index in [0.29, 0.717) is 16.7 Å². The van der Waals surface area contributed by atoms with Crippen molar-refractivity contribution in [2.24, 2.45) is 0 Å². The van der Waals surface area contributed by atoms with E-state index in [1.807, 2.05) is 18.2 Å². The Morgan fingerprint density at radius 1 is 0.783 bits per heavy atom. The smallest absolute Gasteiger partial charge is 0.227 e. The van der Waals surface area contributed by atoms with Gasteiger partial charge in [-0.1, -0.05) is 54.6 Å². The van der Waals surface area contributed by atoms with Crippen LogP contribution in [-0.4, -0.2) is 16.6 Å². The van der Waals surface area contributed by atoms with Crippen LogP contribution in [0.2, 0.25) is 0 Å². The number of aromatic nitrogens is 2. The summed E-state index contributed by atoms with van der Waals surface area (Å²) in [7, 11) is 0. The van der Waals surface area contributed by atoms with Crippen molar-refractivity contribution in [3.8, 4) is 0 Å². The van der Waals surface area contributed by atoms with Crippen LogP contribution in [0, 0.1) is 0 Å². The van der Waals surface area contributed by atoms with Gasteiger partial charge in [0.05, 0.1) is 12.4 Å². The molecule has 1 aromatic heterocycles. The maximum Gasteiger partial charge on any atom is 0.227 e. The Bertz CT molecular complexity index is 813. The number of nitrogens with zero attached hydrogens (tertiary/aromatic N) is 2. The first-order valence-corrected chi connectivity index (χ1v) is 7.26. The molecular formula is C19H15N2O2+. The third kappa shape index (κ3) is 3.55. The molecule has 0 radical (unpaired) electrons. The number of carbonyl (C=O) groups excluding carboxylic acids is 2. The van der Waals surface area contributed by atoms with Crippen LogP contribution in [0.4, 0.5) is 0 Å². The first kappa shape index (κ1) is 14.8. The summed E-state index contributed by atoms with van der Waals surface area (Å²) < 4.78 is 1.76. The van der Waals surface area contributed by atoms with Crippen LogP contribution in [0.15, 0.2) is 79.4 Å². The number of hydrogen-bond acceptors (Lipinski definition) is 3. The van der Waals surface area contributed by atoms with Gasteiger partial charge in [0.25, 0.3) is 0 Å². The molecule has 0 saturated heterocycles. The fourth-order valence-electron chi connectivity index (χ4n) is 2.27. The molecule has 0 unspecified atom stereocenters. The van der Waals surface area contributed by atoms with Crippen LogP contribution < -0.4 is 4.57 Å². The summed E-state index contributed by atoms with van der Waals surface area (Å²) in [4.78, 5) is 28.5. The summed E-state index contributed by atoms with van der Waals surface area (Å²) in [6.45, 7) is 0.245. The van der Waals surface area contributed by atoms with Crippen molar-refractivity contribution in [2.75, 3.05) is 0 Å². The van der Waals surface area contributed by atoms with E-state index >= 15 is 0 Å². The van der Waals surface area contributed by atoms with E-state index in [-0.39, 0.29) is 18.1 Å². The average Bonchev–Trinajstić information content (AvgIpc) is 2.63. The van der Waals surface area contributed by atoms with Gasteiger partial charge in [-0.05, 0) is 0 Å². The van der Waals surface area contributed by atoms with E-state index in [1.54, 1.807) is 65.8 Å². The van der Waals surface area contributed by atoms with Crippen molar-refractivity contribution >= 4 is 11.6 Å². The fraction of sp³-hybridized carbons (Fsp3) is 0.0526. The number of carbonyl (C=O) groups is 2. The van der Waals surface area contributed by atoms with Crippen molar-refractivity contribution in [1.29, 1.82) is 0 Å². The molecular weight excluding hydrogens is 288 g/mol. The van der Waals surface area contributed by atoms with Gasteiger partial charge in [-0.3, -0.25) is 14.6 Å². The lowest BCUT2D eigenvalue weighted by molar-refractivity contribution is -0.683. The van der Waals surface area contributed by atoms with Gasteiger partial charge < -0.3 is 0 Å². The number of Topliss-reactive ketones (excluding diaryl/α,β-unsaturated/α-hetero) is 1. The average molecular weight is 303 g/mol. The van der Waals surface area contributed by atoms with E-state index in [4.69, 9.17) is 0 Å². The maximum absolute atomic E-state index is 12.3. The molecule has 0 N–H and O–H groups in total. The van der Waals surface area contributed by atoms with E-state index in [2.05, 4.69) is 4.98 Å². The third-order valence-electron chi connectivity index (χ3n) is 3.52. The van der Waals surface area contributed by atoms with Gasteiger partial charge in [0.1, 0.15) is 0 Å². The monoisotopic (exact) mass is 303 g/mol. The number of rotatable bonds is 5. The highest BCUT2D eigenvalue weighted by molar-refractivity contribution is 6.09. The number of hydrogen-bond donors (Lipinski definition) is 0. The highest BCUT2D eigenvalue weighted by Crippen LogP contribution is 2.11. The molecule has 23 heavy (non-hydrogen) atoms. The van der Waals surface area contributed by atoms with Crippen LogP contribution >= 0.6 is 0 Å². The molecule has 0 spiro atoms. The van der Waals surface area contributed by atoms with Gasteiger partial charge in [0, 0.05) is 16.7 Å². The molecule has 0 amide bonds. The molecule has 0 aliphatic carbocycles. The van der Waals surface area contributed by atoms with Crippen LogP contribution in [0.1, 0.15) is 26.3 Å². The Hall–Kier alpha value is -3.14. The Morgan fingerprint density at radius 2 is 1.35 bits per heavy atom. The molecule has 2 aromatic carbocycles. The molecule has 3 aromatic rings. The first-order chi connectivity index (χ1) is 11.2. The minimum absolute atomic E-state index is 0.0140. The normalized spacial score (nSPS) is 10.3. The summed E-state index contributed by atoms with van der Waals surface area (Å²) in [5.74, 6) is -0.0620. The molecule has 0 aliphatic rings. The Balaban J connectivity index is 1.74. The zero-order chi connectivity index (χ0) is 16.1. The van der Waals surface area contributed by atoms with Gasteiger partial charge in [0.2, 0.25) is 12.3 Å². The van der Waals surface area contributed by atoms with Crippen LogP contribution in [0.3, 0.4) is 0 Å². The molecule has 1 heterocycles. The summed E-state index contributed by atoms with van der Waals surface area (Å²) in [5.41, 5.74) is 1.79. The van der Waals surface area contributed by atoms with Gasteiger partial charge in [0.15, 0.2) is 18.2 Å². The summed E-state index contributed by atoms with van der Waals surface area (Å²) in [6.07, 6.45) is 6.75. The molecule has 4 heteroatoms. The Labute approximate surface area is 134 Å². The minimum atomic E-state index is -0.0480. The molecule has 0 aliphatic heterocycles. The number of benzene rings is 2. The zero-order valence-corrected chi connectivity index (χ0v) is 12.4. The zero-order valence-electron chi connectivity index (χ0n) is 12.4. The van der Waals surface area contributed by atoms with Crippen LogP contribution in [-0.2, 0) is 6.54 Å². The highest BCUT2D eigenvalue weighted by Gasteiger charge is 2.13. The molecule has 0 saturated carbocycles. The lowest BCUT2D eigenvalue weighted by atomic mass is 10.0. The van der Waals surface area contributed by atoms with Gasteiger partial charge in [-0.25, -0.2) is 0 Å². The van der Waals surface area contributed by atoms with Crippen LogP contribution in [0.5, 0.6) is 0 Å². The SMILES string of the molecule is O=C(C[n+]1ccncc1)c1ccc(C(=O)c2ccccc2)cc1. The highest BCUT2D eigenvalue weighted by atomic mass is 16.1. The van der Waals surface area contributed by atoms with E-state index in [9.17, 15) is 9.59 Å². The predicted octanol–water partition coefficient (Wildman–Crippen LogP) is 2.48.